The summed E-state index contributed by atoms with van der Waals surface area (Å²) in [6.07, 6.45) is 52.0. The molecule has 0 N–H and O–H groups in total. The van der Waals surface area contributed by atoms with Crippen LogP contribution >= 0.6 is 0 Å². The minimum atomic E-state index is 1.14. The van der Waals surface area contributed by atoms with Crippen LogP contribution in [-0.2, 0) is 0 Å². The van der Waals surface area contributed by atoms with E-state index in [-0.39, 0.29) is 0 Å². The van der Waals surface area contributed by atoms with Crippen molar-refractivity contribution in [3.63, 3.8) is 0 Å². The van der Waals surface area contributed by atoms with Gasteiger partial charge in [0, 0.05) is 0 Å². The van der Waals surface area contributed by atoms with Gasteiger partial charge in [0.15, 0.2) is 0 Å². The smallest absolute Gasteiger partial charge is 0.0169 e. The van der Waals surface area contributed by atoms with Crippen molar-refractivity contribution in [3.05, 3.63) is 85.1 Å². The molecule has 1 fully saturated rings. The lowest BCUT2D eigenvalue weighted by atomic mass is 10.0. The van der Waals surface area contributed by atoms with Gasteiger partial charge < -0.3 is 0 Å². The van der Waals surface area contributed by atoms with E-state index in [1.54, 1.807) is 0 Å². The molecular formula is C30H46. The molecule has 5 aliphatic rings. The largest absolute Gasteiger partial charge is 0.0885 e. The maximum Gasteiger partial charge on any atom is -0.0169 e. The van der Waals surface area contributed by atoms with E-state index in [1.807, 2.05) is 0 Å². The Hall–Kier alpha value is -1.82. The highest BCUT2D eigenvalue weighted by atomic mass is 14.0. The van der Waals surface area contributed by atoms with Gasteiger partial charge in [0.25, 0.3) is 0 Å². The van der Waals surface area contributed by atoms with Crippen molar-refractivity contribution in [2.45, 2.75) is 103 Å². The van der Waals surface area contributed by atoms with E-state index in [2.05, 4.69) is 85.1 Å². The van der Waals surface area contributed by atoms with Crippen LogP contribution in [0.5, 0.6) is 0 Å². The first-order valence-electron chi connectivity index (χ1n) is 12.6. The molecule has 166 valence electrons. The lowest BCUT2D eigenvalue weighted by molar-refractivity contribution is 0.504. The standard InChI is InChI=1S/C6H12.C6H10.3C6H8/c5*1-2-4-6-5-3-1/h1-6H2;1-2H,3-6H2;1-2,5-6H,3-4H2;2*1-4H,5-6H2. The number of rotatable bonds is 0. The Morgan fingerprint density at radius 2 is 0.533 bits per heavy atom. The van der Waals surface area contributed by atoms with Crippen molar-refractivity contribution in [2.75, 3.05) is 0 Å². The second-order valence-corrected chi connectivity index (χ2v) is 8.16. The average Bonchev–Trinajstić information content (AvgIpc) is 2.91. The molecule has 5 rings (SSSR count). The predicted molar refractivity (Wildman–Crippen MR) is 138 cm³/mol. The van der Waals surface area contributed by atoms with Crippen LogP contribution in [0.3, 0.4) is 0 Å². The summed E-state index contributed by atoms with van der Waals surface area (Å²) in [5.74, 6) is 0. The van der Waals surface area contributed by atoms with Crippen LogP contribution in [0.15, 0.2) is 85.1 Å². The van der Waals surface area contributed by atoms with E-state index >= 15 is 0 Å². The Labute approximate surface area is 187 Å². The molecule has 1 saturated carbocycles. The Kier molecular flexibility index (Phi) is 20.5. The highest BCUT2D eigenvalue weighted by Gasteiger charge is 1.95. The molecule has 0 nitrogen and oxygen atoms in total. The summed E-state index contributed by atoms with van der Waals surface area (Å²) in [6.45, 7) is 0. The highest BCUT2D eigenvalue weighted by molar-refractivity contribution is 5.07. The number of allylic oxidation sites excluding steroid dienone is 14. The Morgan fingerprint density at radius 3 is 0.667 bits per heavy atom. The molecule has 0 aromatic rings. The zero-order chi connectivity index (χ0) is 21.2. The normalized spacial score (nSPS) is 20.3. The van der Waals surface area contributed by atoms with Gasteiger partial charge in [-0.2, -0.15) is 0 Å². The van der Waals surface area contributed by atoms with Crippen molar-refractivity contribution in [1.82, 2.24) is 0 Å². The maximum absolute atomic E-state index is 2.27. The molecule has 0 atom stereocenters. The summed E-state index contributed by atoms with van der Waals surface area (Å²) in [7, 11) is 0. The molecule has 0 saturated heterocycles. The molecule has 0 amide bonds. The minimum absolute atomic E-state index is 1.14. The molecule has 0 radical (unpaired) electrons. The molecule has 0 heterocycles. The van der Waals surface area contributed by atoms with Gasteiger partial charge in [0.1, 0.15) is 0 Å². The van der Waals surface area contributed by atoms with Crippen LogP contribution in [-0.4, -0.2) is 0 Å². The third-order valence-electron chi connectivity index (χ3n) is 5.30. The van der Waals surface area contributed by atoms with Gasteiger partial charge in [-0.1, -0.05) is 124 Å². The summed E-state index contributed by atoms with van der Waals surface area (Å²) in [5.41, 5.74) is 0. The number of hydrogen-bond donors (Lipinski definition) is 0. The molecule has 5 aliphatic carbocycles. The topological polar surface area (TPSA) is 0 Å². The predicted octanol–water partition coefficient (Wildman–Crippen LogP) is 10.1. The molecular weight excluding hydrogens is 360 g/mol. The van der Waals surface area contributed by atoms with E-state index in [9.17, 15) is 0 Å². The van der Waals surface area contributed by atoms with Gasteiger partial charge in [-0.05, 0) is 64.2 Å². The molecule has 0 heteroatoms. The lowest BCUT2D eigenvalue weighted by Gasteiger charge is -2.05. The van der Waals surface area contributed by atoms with E-state index in [0.717, 1.165) is 12.8 Å². The van der Waals surface area contributed by atoms with Crippen molar-refractivity contribution in [2.24, 2.45) is 0 Å². The first kappa shape index (κ1) is 26.2. The van der Waals surface area contributed by atoms with Gasteiger partial charge in [0.2, 0.25) is 0 Å². The van der Waals surface area contributed by atoms with Crippen molar-refractivity contribution < 1.29 is 0 Å². The second-order valence-electron chi connectivity index (χ2n) is 8.16. The van der Waals surface area contributed by atoms with Gasteiger partial charge in [-0.25, -0.2) is 0 Å². The maximum atomic E-state index is 2.27. The van der Waals surface area contributed by atoms with Crippen molar-refractivity contribution in [3.8, 4) is 0 Å². The van der Waals surface area contributed by atoms with Gasteiger partial charge >= 0.3 is 0 Å². The molecule has 0 unspecified atom stereocenters. The fraction of sp³-hybridized carbons (Fsp3) is 0.533. The third kappa shape index (κ3) is 20.9. The van der Waals surface area contributed by atoms with Gasteiger partial charge in [0.05, 0.1) is 0 Å². The molecule has 30 heavy (non-hydrogen) atoms. The molecule has 0 spiro atoms. The molecule has 0 aromatic carbocycles. The summed E-state index contributed by atoms with van der Waals surface area (Å²) < 4.78 is 0. The first-order valence-corrected chi connectivity index (χ1v) is 12.6. The highest BCUT2D eigenvalue weighted by Crippen LogP contribution is 2.15. The van der Waals surface area contributed by atoms with E-state index in [0.29, 0.717) is 0 Å². The Bertz CT molecular complexity index is 456. The molecule has 0 aliphatic heterocycles. The second kappa shape index (κ2) is 23.5. The van der Waals surface area contributed by atoms with Crippen LogP contribution in [0, 0.1) is 0 Å². The summed E-state index contributed by atoms with van der Waals surface area (Å²) in [6, 6.07) is 0. The zero-order valence-corrected chi connectivity index (χ0v) is 19.4. The van der Waals surface area contributed by atoms with Crippen LogP contribution in [0.25, 0.3) is 0 Å². The van der Waals surface area contributed by atoms with Gasteiger partial charge in [-0.3, -0.25) is 0 Å². The van der Waals surface area contributed by atoms with Crippen LogP contribution in [0.1, 0.15) is 103 Å². The SMILES string of the molecule is C1=CCC=CC1.C1=CCCC=C1.C1=CCCC=C1.C1=CCCCC1.C1CCCCC1. The quantitative estimate of drug-likeness (QED) is 0.351. The fourth-order valence-corrected chi connectivity index (χ4v) is 3.45. The Balaban J connectivity index is 0.000000187. The fourth-order valence-electron chi connectivity index (χ4n) is 3.45. The number of hydrogen-bond acceptors (Lipinski definition) is 0. The third-order valence-corrected chi connectivity index (χ3v) is 5.30. The lowest BCUT2D eigenvalue weighted by Crippen LogP contribution is -1.85. The molecule has 0 aromatic heterocycles. The summed E-state index contributed by atoms with van der Waals surface area (Å²) >= 11 is 0. The first-order chi connectivity index (χ1) is 15.0. The average molecular weight is 407 g/mol. The Morgan fingerprint density at radius 1 is 0.233 bits per heavy atom. The van der Waals surface area contributed by atoms with Crippen LogP contribution in [0.4, 0.5) is 0 Å². The summed E-state index contributed by atoms with van der Waals surface area (Å²) in [5, 5.41) is 0. The summed E-state index contributed by atoms with van der Waals surface area (Å²) in [4.78, 5) is 0. The van der Waals surface area contributed by atoms with Crippen LogP contribution < -0.4 is 0 Å². The monoisotopic (exact) mass is 406 g/mol. The van der Waals surface area contributed by atoms with Gasteiger partial charge in [-0.15, -0.1) is 0 Å². The van der Waals surface area contributed by atoms with Crippen molar-refractivity contribution in [1.29, 1.82) is 0 Å². The molecule has 0 bridgehead atoms. The van der Waals surface area contributed by atoms with E-state index in [1.165, 1.54) is 89.9 Å². The van der Waals surface area contributed by atoms with Crippen LogP contribution in [0.2, 0.25) is 0 Å². The van der Waals surface area contributed by atoms with E-state index in [4.69, 9.17) is 0 Å². The van der Waals surface area contributed by atoms with Crippen molar-refractivity contribution >= 4 is 0 Å². The zero-order valence-electron chi connectivity index (χ0n) is 19.4. The minimum Gasteiger partial charge on any atom is -0.0885 e. The van der Waals surface area contributed by atoms with E-state index < -0.39 is 0 Å².